The van der Waals surface area contributed by atoms with E-state index in [1.807, 2.05) is 48.5 Å². The molecule has 5 aromatic carbocycles. The number of carbonyl (C=O) groups is 9. The molecule has 0 unspecified atom stereocenters. The topological polar surface area (TPSA) is 301 Å². The minimum absolute atomic E-state index is 0.00536. The average molecular weight is 1190 g/mol. The zero-order valence-electron chi connectivity index (χ0n) is 45.3. The van der Waals surface area contributed by atoms with E-state index in [4.69, 9.17) is 54.6 Å². The first kappa shape index (κ1) is 64.1. The predicted molar refractivity (Wildman–Crippen MR) is 317 cm³/mol. The van der Waals surface area contributed by atoms with Gasteiger partial charge in [0, 0.05) is 65.6 Å². The van der Waals surface area contributed by atoms with Crippen molar-refractivity contribution >= 4 is 149 Å². The third kappa shape index (κ3) is 17.1. The molecule has 19 nitrogen and oxygen atoms in total. The number of hydrogen-bond donors (Lipinski definition) is 7. The molecule has 5 aromatic heterocycles. The molecule has 0 aliphatic carbocycles. The van der Waals surface area contributed by atoms with Gasteiger partial charge in [0.15, 0.2) is 23.1 Å². The maximum Gasteiger partial charge on any atom is 0.643 e. The quantitative estimate of drug-likeness (QED) is 0.0259. The zero-order valence-corrected chi connectivity index (χ0v) is 48.7. The molecule has 10 rings (SSSR count). The monoisotopic (exact) mass is 1190 g/mol. The van der Waals surface area contributed by atoms with Gasteiger partial charge in [0.05, 0.1) is 30.9 Å². The number of benzene rings is 5. The molecule has 0 saturated heterocycles. The van der Waals surface area contributed by atoms with Gasteiger partial charge in [-0.15, -0.1) is 0 Å². The Hall–Kier alpha value is -8.77. The number of halogens is 3. The van der Waals surface area contributed by atoms with Crippen LogP contribution in [0.3, 0.4) is 0 Å². The fraction of sp³-hybridized carbons (Fsp3) is 0.169. The molecular weight excluding hydrogens is 1140 g/mol. The lowest BCUT2D eigenvalue weighted by Gasteiger charge is -2.01. The first-order valence-electron chi connectivity index (χ1n) is 25.0. The maximum atomic E-state index is 11.7. The van der Waals surface area contributed by atoms with Crippen LogP contribution >= 0.6 is 30.1 Å². The number of fused-ring (bicyclic) bond motifs is 5. The highest BCUT2D eigenvalue weighted by atomic mass is 35.8. The Morgan fingerprint density at radius 2 is 0.756 bits per heavy atom. The summed E-state index contributed by atoms with van der Waals surface area (Å²) in [5, 5.41) is 21.7. The molecule has 0 bridgehead atoms. The number of Topliss-reactive ketones (excluding diaryl/α,β-unsaturated/α-hetero) is 4. The molecule has 82 heavy (non-hydrogen) atoms. The first-order chi connectivity index (χ1) is 39.0. The number of para-hydroxylation sites is 3. The lowest BCUT2D eigenvalue weighted by molar-refractivity contribution is 0.0510. The average Bonchev–Trinajstić information content (AvgIpc) is 4.38. The highest BCUT2D eigenvalue weighted by Gasteiger charge is 2.22. The third-order valence-electron chi connectivity index (χ3n) is 11.6. The summed E-state index contributed by atoms with van der Waals surface area (Å²) in [4.78, 5) is 116. The second-order valence-electron chi connectivity index (χ2n) is 17.3. The molecule has 0 atom stereocenters. The van der Waals surface area contributed by atoms with Gasteiger partial charge in [-0.05, 0) is 121 Å². The van der Waals surface area contributed by atoms with Crippen molar-refractivity contribution in [3.8, 4) is 0 Å². The molecule has 0 spiro atoms. The minimum Gasteiger partial charge on any atom is -0.477 e. The second-order valence-corrected chi connectivity index (χ2v) is 23.8. The number of aromatic carboxylic acids is 2. The molecule has 0 amide bonds. The maximum absolute atomic E-state index is 11.7. The van der Waals surface area contributed by atoms with Crippen LogP contribution in [0.4, 0.5) is 0 Å². The van der Waals surface area contributed by atoms with Gasteiger partial charge >= 0.3 is 41.2 Å². The normalized spacial score (nSPS) is 10.3. The van der Waals surface area contributed by atoms with Crippen LogP contribution in [0.25, 0.3) is 54.5 Å². The number of carbonyl (C=O) groups excluding carboxylic acids is 7. The van der Waals surface area contributed by atoms with E-state index in [0.29, 0.717) is 52.2 Å². The van der Waals surface area contributed by atoms with Gasteiger partial charge in [0.2, 0.25) is 0 Å². The largest absolute Gasteiger partial charge is 0.643 e. The summed E-state index contributed by atoms with van der Waals surface area (Å²) in [6.07, 6.45) is 0. The molecule has 7 N–H and O–H groups in total. The second kappa shape index (κ2) is 30.2. The van der Waals surface area contributed by atoms with Gasteiger partial charge in [-0.1, -0.05) is 54.6 Å². The third-order valence-corrected chi connectivity index (χ3v) is 11.6. The summed E-state index contributed by atoms with van der Waals surface area (Å²) < 4.78 is 14.7. The number of carboxylic acids is 2. The van der Waals surface area contributed by atoms with E-state index >= 15 is 0 Å². The number of nitrogens with one attached hydrogen (secondary N) is 5. The number of aromatic amines is 5. The number of aromatic nitrogens is 5. The Kier molecular flexibility index (Phi) is 23.6. The standard InChI is InChI=1S/2C13H13NO3.2C11H9NO3.C11H11NO2.Al.3ClH/c1-3-17-13(16)12-7-10-6-9(8(2)15)4-5-11(10)14-12;1-3-17-13(16)12-11(8(2)15)9-6-4-5-7-10(9)14-12;1-6(13)7-2-3-9-8(4-7)5-10(12-9)11(14)15;1-6(13)9-7-4-2-3-5-8(7)12-10(9)11(14)15;1-2-14-11(13)10-7-8-5-3-4-6-9(8)12-10;;;;/h2*4-7,14H,3H2,1-2H3;2*2-5,12H,1H3,(H,14,15);3-7,12H,2H2,1H3;;3*1H/q;;;;;+3;;;/p-3. The van der Waals surface area contributed by atoms with Gasteiger partial charge in [-0.3, -0.25) is 19.2 Å². The van der Waals surface area contributed by atoms with E-state index < -0.39 is 29.3 Å². The van der Waals surface area contributed by atoms with E-state index in [2.05, 4.69) is 24.9 Å². The van der Waals surface area contributed by atoms with Gasteiger partial charge in [-0.2, -0.15) is 0 Å². The molecular formula is C59H55AlCl3N5O14. The number of hydrogen-bond acceptors (Lipinski definition) is 12. The zero-order chi connectivity index (χ0) is 60.4. The van der Waals surface area contributed by atoms with Crippen molar-refractivity contribution in [1.82, 2.24) is 24.9 Å². The van der Waals surface area contributed by atoms with Crippen molar-refractivity contribution in [2.24, 2.45) is 0 Å². The SMILES string of the molecule is CC(=O)c1c(C(=O)O)[nH]c2ccccc12.CC(=O)c1ccc2[nH]c(C(=O)O)cc2c1.CCOC(=O)c1[nH]c2ccccc2c1C(C)=O.CCOC(=O)c1cc2cc(C(C)=O)ccc2[nH]1.CCOC(=O)c1cc2ccccc2[nH]1.[Cl][Al]([Cl])[Cl]. The van der Waals surface area contributed by atoms with Crippen molar-refractivity contribution in [2.45, 2.75) is 48.5 Å². The lowest BCUT2D eigenvalue weighted by Crippen LogP contribution is -2.09. The van der Waals surface area contributed by atoms with Crippen LogP contribution in [-0.4, -0.2) is 119 Å². The van der Waals surface area contributed by atoms with Gasteiger partial charge < -0.3 is 49.3 Å². The van der Waals surface area contributed by atoms with Crippen molar-refractivity contribution in [2.75, 3.05) is 19.8 Å². The number of H-pyrrole nitrogens is 5. The molecule has 23 heteroatoms. The Bertz CT molecular complexity index is 3940. The number of ether oxygens (including phenoxy) is 3. The highest BCUT2D eigenvalue weighted by Crippen LogP contribution is 2.25. The summed E-state index contributed by atoms with van der Waals surface area (Å²) in [5.74, 6) is -3.71. The number of rotatable bonds is 12. The lowest BCUT2D eigenvalue weighted by atomic mass is 10.1. The smallest absolute Gasteiger partial charge is 0.477 e. The van der Waals surface area contributed by atoms with Gasteiger partial charge in [0.25, 0.3) is 0 Å². The Labute approximate surface area is 485 Å². The van der Waals surface area contributed by atoms with Crippen LogP contribution in [0.5, 0.6) is 0 Å². The Morgan fingerprint density at radius 3 is 1.16 bits per heavy atom. The fourth-order valence-corrected chi connectivity index (χ4v) is 8.06. The van der Waals surface area contributed by atoms with Crippen LogP contribution < -0.4 is 0 Å². The van der Waals surface area contributed by atoms with E-state index in [9.17, 15) is 43.2 Å². The van der Waals surface area contributed by atoms with Crippen molar-refractivity contribution in [1.29, 1.82) is 0 Å². The van der Waals surface area contributed by atoms with Crippen LogP contribution in [0.1, 0.15) is 142 Å². The molecule has 10 aromatic rings. The van der Waals surface area contributed by atoms with Gasteiger partial charge in [0.1, 0.15) is 28.5 Å². The van der Waals surface area contributed by atoms with Crippen LogP contribution in [0.2, 0.25) is 0 Å². The predicted octanol–water partition coefficient (Wildman–Crippen LogP) is 13.3. The summed E-state index contributed by atoms with van der Waals surface area (Å²) in [7, 11) is 14.8. The molecule has 0 fully saturated rings. The molecule has 5 heterocycles. The number of carboxylic acid groups (broad SMARTS) is 2. The summed E-state index contributed by atoms with van der Waals surface area (Å²) in [6, 6.07) is 37.4. The van der Waals surface area contributed by atoms with Crippen LogP contribution in [0.15, 0.2) is 127 Å². The summed E-state index contributed by atoms with van der Waals surface area (Å²) >= 11 is -1.72. The molecule has 0 aliphatic heterocycles. The van der Waals surface area contributed by atoms with Gasteiger partial charge in [-0.25, -0.2) is 54.1 Å². The van der Waals surface area contributed by atoms with E-state index in [1.54, 1.807) is 93.6 Å². The van der Waals surface area contributed by atoms with E-state index in [1.165, 1.54) is 33.8 Å². The molecule has 0 saturated carbocycles. The van der Waals surface area contributed by atoms with Crippen molar-refractivity contribution < 1.29 is 67.6 Å². The Balaban J connectivity index is 0.000000185. The highest BCUT2D eigenvalue weighted by molar-refractivity contribution is 7.54. The summed E-state index contributed by atoms with van der Waals surface area (Å²) in [5.41, 5.74) is 7.03. The van der Waals surface area contributed by atoms with Crippen molar-refractivity contribution in [3.63, 3.8) is 0 Å². The van der Waals surface area contributed by atoms with E-state index in [0.717, 1.165) is 43.6 Å². The molecule has 0 aliphatic rings. The summed E-state index contributed by atoms with van der Waals surface area (Å²) in [6.45, 7) is 12.1. The molecule has 0 radical (unpaired) electrons. The number of ketones is 4. The van der Waals surface area contributed by atoms with E-state index in [-0.39, 0.29) is 64.3 Å². The number of esters is 3. The fourth-order valence-electron chi connectivity index (χ4n) is 8.06. The minimum atomic E-state index is -1.72. The molecule has 424 valence electrons. The van der Waals surface area contributed by atoms with Crippen LogP contribution in [-0.2, 0) is 14.2 Å². The Morgan fingerprint density at radius 1 is 0.402 bits per heavy atom. The van der Waals surface area contributed by atoms with Crippen LogP contribution in [0, 0.1) is 0 Å². The first-order valence-corrected chi connectivity index (χ1v) is 30.2. The van der Waals surface area contributed by atoms with Crippen molar-refractivity contribution in [3.05, 3.63) is 178 Å².